The van der Waals surface area contributed by atoms with Crippen molar-refractivity contribution in [1.29, 1.82) is 0 Å². The summed E-state index contributed by atoms with van der Waals surface area (Å²) >= 11 is 0. The summed E-state index contributed by atoms with van der Waals surface area (Å²) in [7, 11) is 0. The van der Waals surface area contributed by atoms with Crippen LogP contribution >= 0.6 is 0 Å². The van der Waals surface area contributed by atoms with E-state index in [9.17, 15) is 9.90 Å². The van der Waals surface area contributed by atoms with Crippen molar-refractivity contribution in [3.05, 3.63) is 35.9 Å². The minimum atomic E-state index is -0.458. The maximum absolute atomic E-state index is 10.9. The van der Waals surface area contributed by atoms with E-state index in [0.29, 0.717) is 12.8 Å². The standard InChI is InChI=1S/C13H16O3/c14-12(10-4-2-1-3-5-10)8-6-11-7-9-13(15)16-11/h1-5,11-12,14H,6-9H2. The van der Waals surface area contributed by atoms with Gasteiger partial charge in [-0.05, 0) is 24.8 Å². The molecule has 1 aromatic rings. The van der Waals surface area contributed by atoms with Gasteiger partial charge in [-0.2, -0.15) is 0 Å². The summed E-state index contributed by atoms with van der Waals surface area (Å²) in [4.78, 5) is 10.9. The van der Waals surface area contributed by atoms with Crippen molar-refractivity contribution in [2.45, 2.75) is 37.9 Å². The molecule has 2 unspecified atom stereocenters. The van der Waals surface area contributed by atoms with Crippen LogP contribution in [0.4, 0.5) is 0 Å². The van der Waals surface area contributed by atoms with Crippen molar-refractivity contribution in [2.24, 2.45) is 0 Å². The number of aliphatic hydroxyl groups is 1. The van der Waals surface area contributed by atoms with Crippen LogP contribution in [0, 0.1) is 0 Å². The number of benzene rings is 1. The van der Waals surface area contributed by atoms with Crippen LogP contribution in [0.5, 0.6) is 0 Å². The summed E-state index contributed by atoms with van der Waals surface area (Å²) in [6.45, 7) is 0. The van der Waals surface area contributed by atoms with Crippen molar-refractivity contribution >= 4 is 5.97 Å². The Morgan fingerprint density at radius 2 is 2.12 bits per heavy atom. The lowest BCUT2D eigenvalue weighted by Gasteiger charge is -2.13. The van der Waals surface area contributed by atoms with Gasteiger partial charge in [0.2, 0.25) is 0 Å². The van der Waals surface area contributed by atoms with Crippen LogP contribution in [-0.4, -0.2) is 17.2 Å². The number of rotatable bonds is 4. The number of esters is 1. The lowest BCUT2D eigenvalue weighted by atomic mass is 10.0. The molecule has 3 nitrogen and oxygen atoms in total. The molecule has 1 heterocycles. The monoisotopic (exact) mass is 220 g/mol. The van der Waals surface area contributed by atoms with Gasteiger partial charge in [-0.1, -0.05) is 30.3 Å². The predicted octanol–water partition coefficient (Wildman–Crippen LogP) is 2.21. The highest BCUT2D eigenvalue weighted by Crippen LogP contribution is 2.24. The van der Waals surface area contributed by atoms with E-state index in [-0.39, 0.29) is 12.1 Å². The largest absolute Gasteiger partial charge is 0.462 e. The summed E-state index contributed by atoms with van der Waals surface area (Å²) in [6, 6.07) is 9.56. The molecule has 0 aromatic heterocycles. The average Bonchev–Trinajstić information content (AvgIpc) is 2.73. The van der Waals surface area contributed by atoms with E-state index >= 15 is 0 Å². The van der Waals surface area contributed by atoms with Crippen LogP contribution < -0.4 is 0 Å². The van der Waals surface area contributed by atoms with Gasteiger partial charge >= 0.3 is 5.97 Å². The first-order valence-corrected chi connectivity index (χ1v) is 5.68. The zero-order chi connectivity index (χ0) is 11.4. The summed E-state index contributed by atoms with van der Waals surface area (Å²) in [6.07, 6.45) is 2.24. The number of hydrogen-bond donors (Lipinski definition) is 1. The molecular formula is C13H16O3. The predicted molar refractivity (Wildman–Crippen MR) is 59.7 cm³/mol. The Morgan fingerprint density at radius 1 is 1.38 bits per heavy atom. The molecule has 2 rings (SSSR count). The van der Waals surface area contributed by atoms with Gasteiger partial charge in [-0.15, -0.1) is 0 Å². The second-order valence-electron chi connectivity index (χ2n) is 4.15. The van der Waals surface area contributed by atoms with Gasteiger partial charge in [-0.25, -0.2) is 0 Å². The quantitative estimate of drug-likeness (QED) is 0.791. The highest BCUT2D eigenvalue weighted by atomic mass is 16.5. The molecule has 0 bridgehead atoms. The fourth-order valence-electron chi connectivity index (χ4n) is 1.97. The maximum atomic E-state index is 10.9. The number of cyclic esters (lactones) is 1. The van der Waals surface area contributed by atoms with E-state index in [0.717, 1.165) is 18.4 Å². The fourth-order valence-corrected chi connectivity index (χ4v) is 1.97. The molecule has 1 fully saturated rings. The Bertz CT molecular complexity index is 347. The van der Waals surface area contributed by atoms with Crippen LogP contribution in [0.2, 0.25) is 0 Å². The molecule has 0 radical (unpaired) electrons. The summed E-state index contributed by atoms with van der Waals surface area (Å²) in [5.41, 5.74) is 0.923. The van der Waals surface area contributed by atoms with E-state index in [4.69, 9.17) is 4.74 Å². The second-order valence-corrected chi connectivity index (χ2v) is 4.15. The maximum Gasteiger partial charge on any atom is 0.306 e. The molecule has 1 N–H and O–H groups in total. The molecule has 2 atom stereocenters. The lowest BCUT2D eigenvalue weighted by molar-refractivity contribution is -0.141. The zero-order valence-corrected chi connectivity index (χ0v) is 9.13. The molecule has 16 heavy (non-hydrogen) atoms. The minimum absolute atomic E-state index is 0.00543. The molecule has 3 heteroatoms. The Balaban J connectivity index is 1.80. The van der Waals surface area contributed by atoms with Gasteiger partial charge in [-0.3, -0.25) is 4.79 Å². The molecule has 1 aliphatic heterocycles. The SMILES string of the molecule is O=C1CCC(CCC(O)c2ccccc2)O1. The van der Waals surface area contributed by atoms with Crippen LogP contribution in [0.15, 0.2) is 30.3 Å². The first kappa shape index (κ1) is 11.1. The molecule has 0 spiro atoms. The van der Waals surface area contributed by atoms with E-state index in [1.165, 1.54) is 0 Å². The third-order valence-corrected chi connectivity index (χ3v) is 2.91. The molecule has 86 valence electrons. The molecular weight excluding hydrogens is 204 g/mol. The number of carbonyl (C=O) groups is 1. The molecule has 1 aliphatic rings. The summed E-state index contributed by atoms with van der Waals surface area (Å²) in [5, 5.41) is 9.91. The van der Waals surface area contributed by atoms with Gasteiger partial charge in [0.05, 0.1) is 6.10 Å². The van der Waals surface area contributed by atoms with E-state index in [1.54, 1.807) is 0 Å². The normalized spacial score (nSPS) is 21.8. The van der Waals surface area contributed by atoms with Gasteiger partial charge in [0.25, 0.3) is 0 Å². The third-order valence-electron chi connectivity index (χ3n) is 2.91. The number of hydrogen-bond acceptors (Lipinski definition) is 3. The topological polar surface area (TPSA) is 46.5 Å². The van der Waals surface area contributed by atoms with Crippen LogP contribution in [-0.2, 0) is 9.53 Å². The number of aliphatic hydroxyl groups excluding tert-OH is 1. The molecule has 1 aromatic carbocycles. The van der Waals surface area contributed by atoms with Crippen LogP contribution in [0.25, 0.3) is 0 Å². The van der Waals surface area contributed by atoms with Crippen molar-refractivity contribution in [1.82, 2.24) is 0 Å². The van der Waals surface area contributed by atoms with Gasteiger partial charge in [0.1, 0.15) is 6.10 Å². The summed E-state index contributed by atoms with van der Waals surface area (Å²) < 4.78 is 5.10. The Hall–Kier alpha value is -1.35. The lowest BCUT2D eigenvalue weighted by Crippen LogP contribution is -2.09. The third kappa shape index (κ3) is 2.83. The average molecular weight is 220 g/mol. The molecule has 0 saturated carbocycles. The Kier molecular flexibility index (Phi) is 3.57. The first-order chi connectivity index (χ1) is 7.75. The van der Waals surface area contributed by atoms with Crippen LogP contribution in [0.3, 0.4) is 0 Å². The van der Waals surface area contributed by atoms with Crippen molar-refractivity contribution in [3.8, 4) is 0 Å². The Morgan fingerprint density at radius 3 is 2.75 bits per heavy atom. The van der Waals surface area contributed by atoms with E-state index in [1.807, 2.05) is 30.3 Å². The second kappa shape index (κ2) is 5.12. The number of ether oxygens (including phenoxy) is 1. The fraction of sp³-hybridized carbons (Fsp3) is 0.462. The Labute approximate surface area is 95.0 Å². The highest BCUT2D eigenvalue weighted by Gasteiger charge is 2.23. The molecule has 0 aliphatic carbocycles. The summed E-state index contributed by atoms with van der Waals surface area (Å²) in [5.74, 6) is -0.112. The minimum Gasteiger partial charge on any atom is -0.462 e. The van der Waals surface area contributed by atoms with Gasteiger partial charge in [0.15, 0.2) is 0 Å². The highest BCUT2D eigenvalue weighted by molar-refractivity contribution is 5.71. The zero-order valence-electron chi connectivity index (χ0n) is 9.13. The smallest absolute Gasteiger partial charge is 0.306 e. The number of carbonyl (C=O) groups excluding carboxylic acids is 1. The van der Waals surface area contributed by atoms with Gasteiger partial charge < -0.3 is 9.84 Å². The molecule has 1 saturated heterocycles. The van der Waals surface area contributed by atoms with E-state index < -0.39 is 6.10 Å². The molecule has 0 amide bonds. The van der Waals surface area contributed by atoms with Crippen molar-refractivity contribution in [2.75, 3.05) is 0 Å². The van der Waals surface area contributed by atoms with E-state index in [2.05, 4.69) is 0 Å². The first-order valence-electron chi connectivity index (χ1n) is 5.68. The van der Waals surface area contributed by atoms with Crippen molar-refractivity contribution in [3.63, 3.8) is 0 Å². The van der Waals surface area contributed by atoms with Crippen LogP contribution in [0.1, 0.15) is 37.4 Å². The van der Waals surface area contributed by atoms with Crippen molar-refractivity contribution < 1.29 is 14.6 Å². The van der Waals surface area contributed by atoms with Gasteiger partial charge in [0, 0.05) is 6.42 Å².